The third kappa shape index (κ3) is 6.43. The van der Waals surface area contributed by atoms with Gasteiger partial charge in [-0.25, -0.2) is 9.59 Å². The topological polar surface area (TPSA) is 102 Å². The molecule has 0 heterocycles. The van der Waals surface area contributed by atoms with E-state index in [0.29, 0.717) is 11.1 Å². The van der Waals surface area contributed by atoms with Crippen LogP contribution in [0.2, 0.25) is 0 Å². The summed E-state index contributed by atoms with van der Waals surface area (Å²) in [7, 11) is 0. The van der Waals surface area contributed by atoms with Gasteiger partial charge in [0.15, 0.2) is 5.75 Å². The van der Waals surface area contributed by atoms with Crippen LogP contribution < -0.4 is 10.1 Å². The molecule has 2 N–H and O–H groups in total. The number of benzene rings is 3. The average Bonchev–Trinajstić information content (AvgIpc) is 2.79. The highest BCUT2D eigenvalue weighted by Gasteiger charge is 2.18. The van der Waals surface area contributed by atoms with Gasteiger partial charge in [-0.15, -0.1) is 0 Å². The van der Waals surface area contributed by atoms with Crippen LogP contribution in [0.25, 0.3) is 0 Å². The molecule has 0 aliphatic carbocycles. The minimum absolute atomic E-state index is 0.0739. The maximum Gasteiger partial charge on any atom is 0.412 e. The second kappa shape index (κ2) is 10.6. The number of hydrogen-bond acceptors (Lipinski definition) is 5. The summed E-state index contributed by atoms with van der Waals surface area (Å²) in [6.07, 6.45) is -0.754. The van der Waals surface area contributed by atoms with E-state index in [1.54, 1.807) is 48.5 Å². The quantitative estimate of drug-likeness (QED) is 0.406. The first-order chi connectivity index (χ1) is 15.0. The molecule has 0 atom stereocenters. The third-order valence-electron chi connectivity index (χ3n) is 4.36. The Balaban J connectivity index is 1.79. The van der Waals surface area contributed by atoms with Crippen molar-refractivity contribution in [2.24, 2.45) is 0 Å². The van der Waals surface area contributed by atoms with Crippen molar-refractivity contribution in [3.8, 4) is 5.75 Å². The number of amides is 1. The number of carboxylic acids is 1. The van der Waals surface area contributed by atoms with Crippen molar-refractivity contribution in [3.63, 3.8) is 0 Å². The highest BCUT2D eigenvalue weighted by molar-refractivity contribution is 5.94. The first-order valence-corrected chi connectivity index (χ1v) is 9.61. The normalized spacial score (nSPS) is 10.2. The number of ether oxygens (including phenoxy) is 2. The molecule has 0 saturated carbocycles. The van der Waals surface area contributed by atoms with Crippen molar-refractivity contribution in [2.75, 3.05) is 5.32 Å². The lowest BCUT2D eigenvalue weighted by molar-refractivity contribution is -0.136. The van der Waals surface area contributed by atoms with Crippen molar-refractivity contribution in [1.82, 2.24) is 0 Å². The van der Waals surface area contributed by atoms with Crippen LogP contribution in [0.4, 0.5) is 10.5 Å². The molecule has 3 aromatic carbocycles. The Morgan fingerprint density at radius 3 is 2.19 bits per heavy atom. The van der Waals surface area contributed by atoms with Gasteiger partial charge in [0.1, 0.15) is 6.61 Å². The monoisotopic (exact) mass is 419 g/mol. The van der Waals surface area contributed by atoms with E-state index in [1.807, 2.05) is 30.3 Å². The fourth-order valence-electron chi connectivity index (χ4n) is 2.84. The Morgan fingerprint density at radius 1 is 0.839 bits per heavy atom. The van der Waals surface area contributed by atoms with Crippen LogP contribution >= 0.6 is 0 Å². The number of carbonyl (C=O) groups is 3. The summed E-state index contributed by atoms with van der Waals surface area (Å²) in [5.74, 6) is -1.51. The summed E-state index contributed by atoms with van der Waals surface area (Å²) in [5.41, 5.74) is 1.84. The Hall–Kier alpha value is -4.13. The number of carboxylic acid groups (broad SMARTS) is 1. The SMILES string of the molecule is O=C(O)CCc1cccc(NC(=O)OCc2ccccc2)c1OC(=O)c1ccccc1. The molecule has 3 rings (SSSR count). The Morgan fingerprint density at radius 2 is 1.52 bits per heavy atom. The molecule has 0 aromatic heterocycles. The van der Waals surface area contributed by atoms with Gasteiger partial charge in [-0.05, 0) is 35.7 Å². The molecule has 0 aliphatic rings. The zero-order valence-electron chi connectivity index (χ0n) is 16.6. The predicted molar refractivity (Wildman–Crippen MR) is 114 cm³/mol. The Bertz CT molecular complexity index is 1050. The van der Waals surface area contributed by atoms with Gasteiger partial charge >= 0.3 is 18.0 Å². The summed E-state index contributed by atoms with van der Waals surface area (Å²) in [5, 5.41) is 11.6. The fourth-order valence-corrected chi connectivity index (χ4v) is 2.84. The first kappa shape index (κ1) is 21.6. The zero-order valence-corrected chi connectivity index (χ0v) is 16.6. The van der Waals surface area contributed by atoms with Crippen molar-refractivity contribution in [3.05, 3.63) is 95.6 Å². The van der Waals surface area contributed by atoms with Gasteiger partial charge in [0, 0.05) is 6.42 Å². The number of anilines is 1. The Labute approximate surface area is 179 Å². The minimum atomic E-state index is -0.985. The number of carbonyl (C=O) groups excluding carboxylic acids is 2. The standard InChI is InChI=1S/C24H21NO6/c26-21(27)15-14-18-12-7-13-20(22(18)31-23(28)19-10-5-2-6-11-19)25-24(29)30-16-17-8-3-1-4-9-17/h1-13H,14-16H2,(H,25,29)(H,26,27). The molecule has 7 heteroatoms. The first-order valence-electron chi connectivity index (χ1n) is 9.61. The summed E-state index contributed by atoms with van der Waals surface area (Å²) in [6.45, 7) is 0.0739. The molecule has 0 spiro atoms. The third-order valence-corrected chi connectivity index (χ3v) is 4.36. The molecular formula is C24H21NO6. The largest absolute Gasteiger partial charge is 0.481 e. The summed E-state index contributed by atoms with van der Waals surface area (Å²) in [6, 6.07) is 22.4. The van der Waals surface area contributed by atoms with E-state index in [1.165, 1.54) is 0 Å². The highest BCUT2D eigenvalue weighted by atomic mass is 16.6. The zero-order chi connectivity index (χ0) is 22.1. The molecule has 7 nitrogen and oxygen atoms in total. The molecular weight excluding hydrogens is 398 g/mol. The van der Waals surface area contributed by atoms with E-state index in [9.17, 15) is 14.4 Å². The summed E-state index contributed by atoms with van der Waals surface area (Å²) >= 11 is 0. The number of rotatable bonds is 8. The minimum Gasteiger partial charge on any atom is -0.481 e. The number of aryl methyl sites for hydroxylation is 1. The maximum atomic E-state index is 12.6. The van der Waals surface area contributed by atoms with Gasteiger partial charge in [0.2, 0.25) is 0 Å². The van der Waals surface area contributed by atoms with Crippen LogP contribution in [-0.4, -0.2) is 23.1 Å². The molecule has 0 radical (unpaired) electrons. The van der Waals surface area contributed by atoms with Crippen LogP contribution in [0.3, 0.4) is 0 Å². The molecule has 0 bridgehead atoms. The molecule has 0 unspecified atom stereocenters. The van der Waals surface area contributed by atoms with Gasteiger partial charge in [-0.1, -0.05) is 60.7 Å². The average molecular weight is 419 g/mol. The lowest BCUT2D eigenvalue weighted by atomic mass is 10.1. The molecule has 3 aromatic rings. The van der Waals surface area contributed by atoms with Gasteiger partial charge in [-0.3, -0.25) is 10.1 Å². The number of para-hydroxylation sites is 1. The van der Waals surface area contributed by atoms with E-state index < -0.39 is 18.0 Å². The van der Waals surface area contributed by atoms with Crippen LogP contribution in [-0.2, 0) is 22.6 Å². The predicted octanol–water partition coefficient (Wildman–Crippen LogP) is 4.67. The van der Waals surface area contributed by atoms with Gasteiger partial charge in [-0.2, -0.15) is 0 Å². The Kier molecular flexibility index (Phi) is 7.37. The molecule has 0 aliphatic heterocycles. The van der Waals surface area contributed by atoms with Crippen LogP contribution in [0.5, 0.6) is 5.75 Å². The molecule has 1 amide bonds. The van der Waals surface area contributed by atoms with E-state index in [2.05, 4.69) is 5.32 Å². The van der Waals surface area contributed by atoms with Crippen molar-refractivity contribution in [1.29, 1.82) is 0 Å². The molecule has 0 fully saturated rings. The maximum absolute atomic E-state index is 12.6. The number of hydrogen-bond donors (Lipinski definition) is 2. The highest BCUT2D eigenvalue weighted by Crippen LogP contribution is 2.31. The lowest BCUT2D eigenvalue weighted by Gasteiger charge is -2.15. The van der Waals surface area contributed by atoms with Crippen molar-refractivity contribution < 1.29 is 29.0 Å². The summed E-state index contributed by atoms with van der Waals surface area (Å²) < 4.78 is 10.8. The smallest absolute Gasteiger partial charge is 0.412 e. The van der Waals surface area contributed by atoms with Crippen molar-refractivity contribution in [2.45, 2.75) is 19.4 Å². The van der Waals surface area contributed by atoms with E-state index in [0.717, 1.165) is 5.56 Å². The molecule has 158 valence electrons. The van der Waals surface area contributed by atoms with Gasteiger partial charge in [0.25, 0.3) is 0 Å². The summed E-state index contributed by atoms with van der Waals surface area (Å²) in [4.78, 5) is 35.9. The van der Waals surface area contributed by atoms with Crippen molar-refractivity contribution >= 4 is 23.7 Å². The van der Waals surface area contributed by atoms with E-state index in [4.69, 9.17) is 14.6 Å². The molecule has 31 heavy (non-hydrogen) atoms. The van der Waals surface area contributed by atoms with Gasteiger partial charge < -0.3 is 14.6 Å². The number of esters is 1. The van der Waals surface area contributed by atoms with E-state index in [-0.39, 0.29) is 30.9 Å². The van der Waals surface area contributed by atoms with Gasteiger partial charge in [0.05, 0.1) is 11.3 Å². The van der Waals surface area contributed by atoms with Crippen LogP contribution in [0.1, 0.15) is 27.9 Å². The fraction of sp³-hybridized carbons (Fsp3) is 0.125. The van der Waals surface area contributed by atoms with Crippen LogP contribution in [0, 0.1) is 0 Å². The molecule has 0 saturated heterocycles. The second-order valence-electron chi connectivity index (χ2n) is 6.63. The van der Waals surface area contributed by atoms with E-state index >= 15 is 0 Å². The second-order valence-corrected chi connectivity index (χ2v) is 6.63. The number of aliphatic carboxylic acids is 1. The lowest BCUT2D eigenvalue weighted by Crippen LogP contribution is -2.17. The number of nitrogens with one attached hydrogen (secondary N) is 1. The van der Waals surface area contributed by atoms with Crippen LogP contribution in [0.15, 0.2) is 78.9 Å².